The molecule has 8 nitrogen and oxygen atoms in total. The monoisotopic (exact) mass is 615 g/mol. The van der Waals surface area contributed by atoms with Crippen molar-refractivity contribution >= 4 is 58.5 Å². The normalized spacial score (nSPS) is 10.7. The van der Waals surface area contributed by atoms with Gasteiger partial charge in [-0.2, -0.15) is 8.78 Å². The van der Waals surface area contributed by atoms with Crippen molar-refractivity contribution in [1.82, 2.24) is 10.6 Å². The van der Waals surface area contributed by atoms with Crippen molar-refractivity contribution in [2.45, 2.75) is 30.7 Å². The van der Waals surface area contributed by atoms with Crippen LogP contribution in [0.5, 0.6) is 5.75 Å². The van der Waals surface area contributed by atoms with E-state index in [0.717, 1.165) is 12.8 Å². The van der Waals surface area contributed by atoms with Gasteiger partial charge in [-0.1, -0.05) is 76.8 Å². The van der Waals surface area contributed by atoms with Gasteiger partial charge in [0.15, 0.2) is 0 Å². The Morgan fingerprint density at radius 1 is 1.00 bits per heavy atom. The Morgan fingerprint density at radius 2 is 1.68 bits per heavy atom. The molecule has 3 aromatic carbocycles. The number of amides is 4. The number of ether oxygens (including phenoxy) is 1. The molecule has 0 bridgehead atoms. The fraction of sp³-hybridized carbons (Fsp3) is 0.222. The van der Waals surface area contributed by atoms with Crippen molar-refractivity contribution < 1.29 is 33.0 Å². The minimum atomic E-state index is -3.77. The van der Waals surface area contributed by atoms with E-state index in [1.165, 1.54) is 47.5 Å². The standard InChI is InChI=1S/C16H11Cl3F2N2O3.C11H15NO2/c17-12-4-2-1-3-11(12)13(24)23-15(25)22-9-5-7-10(8-6-9)26-16(20,21)14(18)19;1-9-4-2-5-10(8-9)6-3-7-12-11(13)14/h1-8,14H,(H2,22,23,24,25);2,4-5,8,12H,3,6-7H2,1H3,(H,13,14). The molecule has 0 aromatic heterocycles. The molecule has 40 heavy (non-hydrogen) atoms. The number of hydrogen-bond acceptors (Lipinski definition) is 4. The largest absolute Gasteiger partial charge is 0.465 e. The number of carbonyl (C=O) groups excluding carboxylic acids is 2. The van der Waals surface area contributed by atoms with Crippen molar-refractivity contribution in [2.24, 2.45) is 0 Å². The van der Waals surface area contributed by atoms with E-state index in [0.29, 0.717) is 6.54 Å². The molecule has 0 saturated heterocycles. The van der Waals surface area contributed by atoms with Crippen LogP contribution in [0.4, 0.5) is 24.1 Å². The molecule has 0 aliphatic heterocycles. The van der Waals surface area contributed by atoms with E-state index >= 15 is 0 Å². The highest BCUT2D eigenvalue weighted by Crippen LogP contribution is 2.30. The third-order valence-electron chi connectivity index (χ3n) is 4.97. The van der Waals surface area contributed by atoms with Crippen LogP contribution in [0.2, 0.25) is 5.02 Å². The zero-order chi connectivity index (χ0) is 29.7. The van der Waals surface area contributed by atoms with E-state index in [4.69, 9.17) is 39.9 Å². The number of alkyl halides is 4. The Morgan fingerprint density at radius 3 is 2.27 bits per heavy atom. The Labute approximate surface area is 244 Å². The summed E-state index contributed by atoms with van der Waals surface area (Å²) in [5, 5.41) is 15.3. The second-order valence-electron chi connectivity index (χ2n) is 8.20. The van der Waals surface area contributed by atoms with E-state index < -0.39 is 29.0 Å². The highest BCUT2D eigenvalue weighted by Gasteiger charge is 2.40. The second kappa shape index (κ2) is 15.9. The summed E-state index contributed by atoms with van der Waals surface area (Å²) in [6.07, 6.45) is -2.96. The first-order chi connectivity index (χ1) is 18.9. The molecule has 0 aliphatic rings. The van der Waals surface area contributed by atoms with Crippen LogP contribution >= 0.6 is 34.8 Å². The molecule has 4 N–H and O–H groups in total. The number of rotatable bonds is 9. The van der Waals surface area contributed by atoms with Crippen LogP contribution in [0.15, 0.2) is 72.8 Å². The Hall–Kier alpha value is -3.60. The van der Waals surface area contributed by atoms with Gasteiger partial charge in [0.25, 0.3) is 5.91 Å². The maximum Gasteiger partial charge on any atom is 0.428 e. The molecule has 0 heterocycles. The number of nitrogens with one attached hydrogen (secondary N) is 3. The Balaban J connectivity index is 0.000000337. The molecule has 0 unspecified atom stereocenters. The maximum absolute atomic E-state index is 13.3. The summed E-state index contributed by atoms with van der Waals surface area (Å²) in [5.74, 6) is -0.901. The molecular formula is C27H26Cl3F2N3O5. The van der Waals surface area contributed by atoms with Gasteiger partial charge in [-0.25, -0.2) is 9.59 Å². The first kappa shape index (κ1) is 32.6. The molecule has 3 rings (SSSR count). The lowest BCUT2D eigenvalue weighted by molar-refractivity contribution is -0.163. The Kier molecular flexibility index (Phi) is 12.9. The molecule has 0 fully saturated rings. The Bertz CT molecular complexity index is 1290. The van der Waals surface area contributed by atoms with Crippen LogP contribution in [-0.4, -0.2) is 40.6 Å². The van der Waals surface area contributed by atoms with Crippen molar-refractivity contribution in [3.63, 3.8) is 0 Å². The van der Waals surface area contributed by atoms with Crippen LogP contribution in [0.1, 0.15) is 27.9 Å². The maximum atomic E-state index is 13.3. The number of benzene rings is 3. The smallest absolute Gasteiger partial charge is 0.428 e. The lowest BCUT2D eigenvalue weighted by atomic mass is 10.1. The SMILES string of the molecule is Cc1cccc(CCCNC(=O)O)c1.O=C(NC(=O)c1ccccc1Cl)Nc1ccc(OC(F)(F)C(Cl)Cl)cc1. The average molecular weight is 617 g/mol. The van der Waals surface area contributed by atoms with E-state index in [1.54, 1.807) is 12.1 Å². The molecule has 0 aliphatic carbocycles. The number of halogens is 5. The van der Waals surface area contributed by atoms with E-state index in [-0.39, 0.29) is 22.0 Å². The lowest BCUT2D eigenvalue weighted by Crippen LogP contribution is -2.34. The van der Waals surface area contributed by atoms with E-state index in [9.17, 15) is 23.2 Å². The lowest BCUT2D eigenvalue weighted by Gasteiger charge is -2.18. The van der Waals surface area contributed by atoms with Gasteiger partial charge >= 0.3 is 18.2 Å². The van der Waals surface area contributed by atoms with Crippen LogP contribution in [0, 0.1) is 6.92 Å². The van der Waals surface area contributed by atoms with E-state index in [2.05, 4.69) is 45.8 Å². The molecule has 13 heteroatoms. The van der Waals surface area contributed by atoms with Gasteiger partial charge in [0.05, 0.1) is 10.6 Å². The molecule has 3 aromatic rings. The number of urea groups is 1. The fourth-order valence-corrected chi connectivity index (χ4v) is 3.45. The van der Waals surface area contributed by atoms with Gasteiger partial charge in [0.2, 0.25) is 4.84 Å². The van der Waals surface area contributed by atoms with Crippen molar-refractivity contribution in [1.29, 1.82) is 0 Å². The predicted octanol–water partition coefficient (Wildman–Crippen LogP) is 7.27. The summed E-state index contributed by atoms with van der Waals surface area (Å²) in [5.41, 5.74) is 2.87. The van der Waals surface area contributed by atoms with Gasteiger partial charge in [-0.3, -0.25) is 10.1 Å². The zero-order valence-electron chi connectivity index (χ0n) is 21.1. The summed E-state index contributed by atoms with van der Waals surface area (Å²) in [6.45, 7) is 2.57. The highest BCUT2D eigenvalue weighted by molar-refractivity contribution is 6.44. The average Bonchev–Trinajstić information content (AvgIpc) is 2.88. The molecule has 0 radical (unpaired) electrons. The zero-order valence-corrected chi connectivity index (χ0v) is 23.4. The van der Waals surface area contributed by atoms with Gasteiger partial charge in [-0.05, 0) is 61.7 Å². The van der Waals surface area contributed by atoms with Crippen LogP contribution < -0.4 is 20.7 Å². The highest BCUT2D eigenvalue weighted by atomic mass is 35.5. The van der Waals surface area contributed by atoms with Gasteiger partial charge < -0.3 is 20.5 Å². The minimum Gasteiger partial charge on any atom is -0.465 e. The van der Waals surface area contributed by atoms with Gasteiger partial charge in [0, 0.05) is 12.2 Å². The molecule has 0 atom stereocenters. The summed E-state index contributed by atoms with van der Waals surface area (Å²) >= 11 is 16.1. The van der Waals surface area contributed by atoms with Crippen LogP contribution in [0.25, 0.3) is 0 Å². The van der Waals surface area contributed by atoms with Crippen LogP contribution in [-0.2, 0) is 6.42 Å². The van der Waals surface area contributed by atoms with Crippen molar-refractivity contribution in [3.8, 4) is 5.75 Å². The quantitative estimate of drug-likeness (QED) is 0.149. The first-order valence-electron chi connectivity index (χ1n) is 11.7. The van der Waals surface area contributed by atoms with Gasteiger partial charge in [0.1, 0.15) is 5.75 Å². The molecule has 214 valence electrons. The fourth-order valence-electron chi connectivity index (χ4n) is 3.14. The number of carboxylic acid groups (broad SMARTS) is 1. The topological polar surface area (TPSA) is 117 Å². The number of carbonyl (C=O) groups is 3. The molecule has 0 saturated carbocycles. The second-order valence-corrected chi connectivity index (χ2v) is 9.71. The summed E-state index contributed by atoms with van der Waals surface area (Å²) < 4.78 is 30.9. The van der Waals surface area contributed by atoms with Crippen LogP contribution in [0.3, 0.4) is 0 Å². The van der Waals surface area contributed by atoms with Crippen molar-refractivity contribution in [3.05, 3.63) is 94.5 Å². The third kappa shape index (κ3) is 11.6. The molecule has 4 amide bonds. The number of anilines is 1. The number of imide groups is 1. The number of aryl methyl sites for hydroxylation is 2. The third-order valence-corrected chi connectivity index (χ3v) is 5.80. The summed E-state index contributed by atoms with van der Waals surface area (Å²) in [6, 6.07) is 18.6. The van der Waals surface area contributed by atoms with Crippen molar-refractivity contribution in [2.75, 3.05) is 11.9 Å². The molecular weight excluding hydrogens is 591 g/mol. The molecule has 0 spiro atoms. The van der Waals surface area contributed by atoms with E-state index in [1.807, 2.05) is 6.07 Å². The summed E-state index contributed by atoms with van der Waals surface area (Å²) in [4.78, 5) is 31.9. The number of hydrogen-bond donors (Lipinski definition) is 4. The van der Waals surface area contributed by atoms with Gasteiger partial charge in [-0.15, -0.1) is 0 Å². The summed E-state index contributed by atoms with van der Waals surface area (Å²) in [7, 11) is 0. The first-order valence-corrected chi connectivity index (χ1v) is 13.0. The predicted molar refractivity (Wildman–Crippen MR) is 151 cm³/mol. The minimum absolute atomic E-state index is 0.131.